The average molecular weight is 485 g/mol. The van der Waals surface area contributed by atoms with E-state index in [1.165, 1.54) is 19.4 Å². The second-order valence-corrected chi connectivity index (χ2v) is 8.10. The van der Waals surface area contributed by atoms with Gasteiger partial charge in [0.05, 0.1) is 37.6 Å². The molecule has 10 nitrogen and oxygen atoms in total. The van der Waals surface area contributed by atoms with Crippen LogP contribution in [0.4, 0.5) is 4.79 Å². The van der Waals surface area contributed by atoms with Crippen molar-refractivity contribution in [1.29, 1.82) is 0 Å². The van der Waals surface area contributed by atoms with Crippen LogP contribution in [0.15, 0.2) is 70.9 Å². The number of carbonyl (C=O) groups is 5. The minimum Gasteiger partial charge on any atom is -0.496 e. The highest BCUT2D eigenvalue weighted by atomic mass is 16.5. The molecule has 3 aromatic rings. The minimum absolute atomic E-state index is 0.0736. The van der Waals surface area contributed by atoms with Crippen LogP contribution in [-0.4, -0.2) is 46.6 Å². The van der Waals surface area contributed by atoms with Gasteiger partial charge in [-0.05, 0) is 48.0 Å². The van der Waals surface area contributed by atoms with Crippen molar-refractivity contribution in [3.63, 3.8) is 0 Å². The first kappa shape index (κ1) is 22.8. The molecule has 10 heteroatoms. The normalized spacial score (nSPS) is 16.6. The monoisotopic (exact) mass is 485 g/mol. The summed E-state index contributed by atoms with van der Waals surface area (Å²) >= 11 is 0. The maximum Gasteiger partial charge on any atom is 0.331 e. The first-order chi connectivity index (χ1) is 17.4. The number of nitrogens with one attached hydrogen (secondary N) is 1. The predicted octanol–water partition coefficient (Wildman–Crippen LogP) is 2.75. The Morgan fingerprint density at radius 2 is 1.58 bits per heavy atom. The molecular formula is C26H19N3O7. The van der Waals surface area contributed by atoms with Crippen LogP contribution >= 0.6 is 0 Å². The third-order valence-electron chi connectivity index (χ3n) is 5.90. The Balaban J connectivity index is 1.44. The second kappa shape index (κ2) is 8.99. The molecule has 36 heavy (non-hydrogen) atoms. The lowest BCUT2D eigenvalue weighted by Gasteiger charge is -2.25. The molecule has 0 bridgehead atoms. The lowest BCUT2D eigenvalue weighted by Crippen LogP contribution is -2.53. The summed E-state index contributed by atoms with van der Waals surface area (Å²) in [7, 11) is 1.45. The first-order valence-electron chi connectivity index (χ1n) is 10.9. The van der Waals surface area contributed by atoms with Gasteiger partial charge in [-0.15, -0.1) is 0 Å². The van der Waals surface area contributed by atoms with Crippen molar-refractivity contribution in [2.75, 3.05) is 7.11 Å². The van der Waals surface area contributed by atoms with E-state index in [9.17, 15) is 24.0 Å². The van der Waals surface area contributed by atoms with E-state index < -0.39 is 29.7 Å². The molecule has 1 saturated heterocycles. The summed E-state index contributed by atoms with van der Waals surface area (Å²) in [6.07, 6.45) is 2.75. The van der Waals surface area contributed by atoms with E-state index in [0.29, 0.717) is 33.8 Å². The maximum atomic E-state index is 13.0. The number of ether oxygens (including phenoxy) is 1. The molecule has 2 aliphatic rings. The SMILES string of the molecule is COc1ccc(/C=C2\C(=O)NC(=O)N(Cc3ccco3)C2=O)cc1CN1C(=O)c2ccccc2C1=O. The van der Waals surface area contributed by atoms with Crippen molar-refractivity contribution in [1.82, 2.24) is 15.1 Å². The van der Waals surface area contributed by atoms with Crippen molar-refractivity contribution in [2.45, 2.75) is 13.1 Å². The Morgan fingerprint density at radius 1 is 0.861 bits per heavy atom. The quantitative estimate of drug-likeness (QED) is 0.323. The standard InChI is InChI=1S/C26H19N3O7/c1-35-21-9-8-15(11-16(21)13-28-23(31)18-6-2-3-7-19(18)24(28)32)12-20-22(30)27-26(34)29(25(20)33)14-17-5-4-10-36-17/h2-12H,13-14H2,1H3,(H,27,30,34)/b20-12+. The lowest BCUT2D eigenvalue weighted by atomic mass is 10.0. The molecule has 6 amide bonds. The number of carbonyl (C=O) groups excluding carboxylic acids is 5. The smallest absolute Gasteiger partial charge is 0.331 e. The molecule has 1 aromatic heterocycles. The van der Waals surface area contributed by atoms with Crippen LogP contribution in [-0.2, 0) is 22.7 Å². The van der Waals surface area contributed by atoms with Gasteiger partial charge in [0.2, 0.25) is 0 Å². The van der Waals surface area contributed by atoms with E-state index >= 15 is 0 Å². The summed E-state index contributed by atoms with van der Waals surface area (Å²) in [5, 5.41) is 2.16. The molecular weight excluding hydrogens is 466 g/mol. The minimum atomic E-state index is -0.848. The van der Waals surface area contributed by atoms with E-state index in [1.807, 2.05) is 0 Å². The Labute approximate surface area is 204 Å². The number of rotatable bonds is 6. The topological polar surface area (TPSA) is 126 Å². The van der Waals surface area contributed by atoms with Gasteiger partial charge in [-0.25, -0.2) is 4.79 Å². The molecule has 5 rings (SSSR count). The molecule has 0 spiro atoms. The highest BCUT2D eigenvalue weighted by molar-refractivity contribution is 6.31. The van der Waals surface area contributed by atoms with E-state index in [-0.39, 0.29) is 18.7 Å². The van der Waals surface area contributed by atoms with Gasteiger partial charge in [-0.1, -0.05) is 18.2 Å². The van der Waals surface area contributed by atoms with Crippen molar-refractivity contribution in [3.8, 4) is 5.75 Å². The molecule has 1 N–H and O–H groups in total. The van der Waals surface area contributed by atoms with Gasteiger partial charge in [-0.3, -0.25) is 34.3 Å². The summed E-state index contributed by atoms with van der Waals surface area (Å²) < 4.78 is 10.6. The number of furan rings is 1. The summed E-state index contributed by atoms with van der Waals surface area (Å²) in [5.74, 6) is -1.66. The van der Waals surface area contributed by atoms with Gasteiger partial charge in [0.15, 0.2) is 0 Å². The van der Waals surface area contributed by atoms with Gasteiger partial charge in [0.25, 0.3) is 23.6 Å². The van der Waals surface area contributed by atoms with Crippen LogP contribution in [0.1, 0.15) is 37.6 Å². The van der Waals surface area contributed by atoms with E-state index in [4.69, 9.17) is 9.15 Å². The predicted molar refractivity (Wildman–Crippen MR) is 124 cm³/mol. The number of methoxy groups -OCH3 is 1. The number of imide groups is 3. The number of hydrogen-bond donors (Lipinski definition) is 1. The zero-order valence-corrected chi connectivity index (χ0v) is 19.0. The Kier molecular flexibility index (Phi) is 5.69. The summed E-state index contributed by atoms with van der Waals surface area (Å²) in [5.41, 5.74) is 1.33. The first-order valence-corrected chi connectivity index (χ1v) is 10.9. The van der Waals surface area contributed by atoms with Gasteiger partial charge >= 0.3 is 6.03 Å². The molecule has 1 fully saturated rings. The third kappa shape index (κ3) is 3.94. The third-order valence-corrected chi connectivity index (χ3v) is 5.90. The Hall–Kier alpha value is -4.99. The number of nitrogens with zero attached hydrogens (tertiary/aromatic N) is 2. The van der Waals surface area contributed by atoms with E-state index in [1.54, 1.807) is 54.6 Å². The van der Waals surface area contributed by atoms with Gasteiger partial charge in [0.1, 0.15) is 17.1 Å². The van der Waals surface area contributed by atoms with Crippen molar-refractivity contribution in [2.24, 2.45) is 0 Å². The fourth-order valence-electron chi connectivity index (χ4n) is 4.13. The fourth-order valence-corrected chi connectivity index (χ4v) is 4.13. The second-order valence-electron chi connectivity index (χ2n) is 8.10. The fraction of sp³-hybridized carbons (Fsp3) is 0.115. The van der Waals surface area contributed by atoms with Crippen molar-refractivity contribution >= 4 is 35.7 Å². The van der Waals surface area contributed by atoms with Crippen LogP contribution in [0, 0.1) is 0 Å². The van der Waals surface area contributed by atoms with Crippen molar-refractivity contribution < 1.29 is 33.1 Å². The van der Waals surface area contributed by atoms with Crippen LogP contribution in [0.2, 0.25) is 0 Å². The van der Waals surface area contributed by atoms with Gasteiger partial charge < -0.3 is 9.15 Å². The van der Waals surface area contributed by atoms with Crippen LogP contribution in [0.3, 0.4) is 0 Å². The van der Waals surface area contributed by atoms with Crippen LogP contribution in [0.25, 0.3) is 6.08 Å². The molecule has 0 unspecified atom stereocenters. The number of urea groups is 1. The highest BCUT2D eigenvalue weighted by Crippen LogP contribution is 2.29. The average Bonchev–Trinajstić information content (AvgIpc) is 3.47. The zero-order chi connectivity index (χ0) is 25.4. The van der Waals surface area contributed by atoms with Gasteiger partial charge in [-0.2, -0.15) is 0 Å². The number of amides is 6. The molecule has 0 saturated carbocycles. The number of hydrogen-bond acceptors (Lipinski definition) is 7. The van der Waals surface area contributed by atoms with Gasteiger partial charge in [0, 0.05) is 5.56 Å². The number of barbiturate groups is 1. The van der Waals surface area contributed by atoms with E-state index in [0.717, 1.165) is 9.80 Å². The largest absolute Gasteiger partial charge is 0.496 e. The summed E-state index contributed by atoms with van der Waals surface area (Å²) in [4.78, 5) is 65.3. The molecule has 2 aliphatic heterocycles. The zero-order valence-electron chi connectivity index (χ0n) is 19.0. The Bertz CT molecular complexity index is 1420. The maximum absolute atomic E-state index is 13.0. The molecule has 0 radical (unpaired) electrons. The molecule has 2 aromatic carbocycles. The number of fused-ring (bicyclic) bond motifs is 1. The highest BCUT2D eigenvalue weighted by Gasteiger charge is 2.37. The summed E-state index contributed by atoms with van der Waals surface area (Å²) in [6, 6.07) is 13.8. The van der Waals surface area contributed by atoms with E-state index in [2.05, 4.69) is 5.32 Å². The molecule has 0 aliphatic carbocycles. The van der Waals surface area contributed by atoms with Crippen LogP contribution in [0.5, 0.6) is 5.75 Å². The van der Waals surface area contributed by atoms with Crippen LogP contribution < -0.4 is 10.1 Å². The summed E-state index contributed by atoms with van der Waals surface area (Å²) in [6.45, 7) is -0.217. The lowest BCUT2D eigenvalue weighted by molar-refractivity contribution is -0.130. The Morgan fingerprint density at radius 3 is 2.22 bits per heavy atom. The van der Waals surface area contributed by atoms with Crippen molar-refractivity contribution in [3.05, 3.63) is 94.4 Å². The molecule has 0 atom stereocenters. The number of benzene rings is 2. The molecule has 180 valence electrons. The molecule has 3 heterocycles.